The van der Waals surface area contributed by atoms with E-state index in [4.69, 9.17) is 27.9 Å². The highest BCUT2D eigenvalue weighted by Gasteiger charge is 2.33. The maximum absolute atomic E-state index is 13.8. The van der Waals surface area contributed by atoms with E-state index in [1.807, 2.05) is 0 Å². The summed E-state index contributed by atoms with van der Waals surface area (Å²) in [5.74, 6) is -1.14. The molecule has 2 aromatic rings. The molecule has 218 valence electrons. The number of nitrogens with zero attached hydrogens (tertiary/aromatic N) is 3. The highest BCUT2D eigenvalue weighted by molar-refractivity contribution is 7.92. The molecule has 1 fully saturated rings. The summed E-state index contributed by atoms with van der Waals surface area (Å²) in [5, 5.41) is 14.9. The van der Waals surface area contributed by atoms with Gasteiger partial charge in [-0.05, 0) is 38.0 Å². The van der Waals surface area contributed by atoms with E-state index in [-0.39, 0.29) is 34.1 Å². The molecule has 0 heterocycles. The lowest BCUT2D eigenvalue weighted by Gasteiger charge is -2.33. The highest BCUT2D eigenvalue weighted by Crippen LogP contribution is 2.34. The fourth-order valence-corrected chi connectivity index (χ4v) is 5.95. The van der Waals surface area contributed by atoms with Crippen LogP contribution in [-0.2, 0) is 26.2 Å². The number of hydrogen-bond acceptors (Lipinski definition) is 7. The molecule has 11 nitrogen and oxygen atoms in total. The monoisotopic (exact) mass is 614 g/mol. The van der Waals surface area contributed by atoms with Crippen LogP contribution < -0.4 is 14.4 Å². The van der Waals surface area contributed by atoms with Gasteiger partial charge >= 0.3 is 0 Å². The first kappa shape index (κ1) is 31.4. The predicted octanol–water partition coefficient (Wildman–Crippen LogP) is 4.54. The average Bonchev–Trinajstić information content (AvgIpc) is 2.90. The molecule has 3 rings (SSSR count). The van der Waals surface area contributed by atoms with Crippen molar-refractivity contribution in [2.45, 2.75) is 57.7 Å². The van der Waals surface area contributed by atoms with Crippen molar-refractivity contribution >= 4 is 56.4 Å². The molecule has 2 aromatic carbocycles. The molecular formula is C26H32Cl2N4O7S. The summed E-state index contributed by atoms with van der Waals surface area (Å²) < 4.78 is 31.7. The molecule has 1 atom stereocenters. The number of halogens is 2. The van der Waals surface area contributed by atoms with Crippen LogP contribution in [0.3, 0.4) is 0 Å². The Bertz CT molecular complexity index is 1350. The van der Waals surface area contributed by atoms with Gasteiger partial charge in [-0.1, -0.05) is 48.5 Å². The van der Waals surface area contributed by atoms with Gasteiger partial charge in [-0.2, -0.15) is 0 Å². The number of carbonyl (C=O) groups excluding carboxylic acids is 2. The Labute approximate surface area is 243 Å². The van der Waals surface area contributed by atoms with Crippen molar-refractivity contribution in [1.82, 2.24) is 10.2 Å². The third-order valence-corrected chi connectivity index (χ3v) is 8.66. The van der Waals surface area contributed by atoms with Crippen molar-refractivity contribution in [1.29, 1.82) is 0 Å². The standard InChI is InChI=1S/C26H32Cl2N4O7S/c1-17(26(34)29-18-8-5-4-6-9-18)30(15-20-21(27)10-7-11-22(20)28)25(33)16-31(40(3,37)38)23-14-19(32(35)36)12-13-24(23)39-2/h7,10-14,17-18H,4-6,8-9,15-16H2,1-3H3,(H,29,34)/t17-/m0/s1. The van der Waals surface area contributed by atoms with Gasteiger partial charge in [0.1, 0.15) is 24.0 Å². The van der Waals surface area contributed by atoms with Gasteiger partial charge in [0.25, 0.3) is 5.69 Å². The molecule has 0 spiro atoms. The second-order valence-electron chi connectivity index (χ2n) is 9.62. The number of sulfonamides is 1. The summed E-state index contributed by atoms with van der Waals surface area (Å²) in [5.41, 5.74) is -0.199. The minimum absolute atomic E-state index is 0.00705. The van der Waals surface area contributed by atoms with E-state index in [1.54, 1.807) is 25.1 Å². The number of carbonyl (C=O) groups is 2. The first-order valence-electron chi connectivity index (χ1n) is 12.7. The number of hydrogen-bond donors (Lipinski definition) is 1. The molecule has 1 aliphatic rings. The van der Waals surface area contributed by atoms with Crippen molar-refractivity contribution in [2.24, 2.45) is 0 Å². The zero-order valence-corrected chi connectivity index (χ0v) is 24.8. The normalized spacial score (nSPS) is 14.7. The number of nitrogens with one attached hydrogen (secondary N) is 1. The number of methoxy groups -OCH3 is 1. The molecule has 1 N–H and O–H groups in total. The summed E-state index contributed by atoms with van der Waals surface area (Å²) in [6.45, 7) is 0.597. The second-order valence-corrected chi connectivity index (χ2v) is 12.3. The van der Waals surface area contributed by atoms with Crippen LogP contribution in [0.5, 0.6) is 5.75 Å². The van der Waals surface area contributed by atoms with Crippen molar-refractivity contribution in [2.75, 3.05) is 24.2 Å². The van der Waals surface area contributed by atoms with Gasteiger partial charge in [0.05, 0.1) is 18.3 Å². The zero-order valence-electron chi connectivity index (χ0n) is 22.4. The summed E-state index contributed by atoms with van der Waals surface area (Å²) in [6.07, 6.45) is 5.61. The molecule has 14 heteroatoms. The lowest BCUT2D eigenvalue weighted by molar-refractivity contribution is -0.384. The van der Waals surface area contributed by atoms with E-state index >= 15 is 0 Å². The molecular weight excluding hydrogens is 583 g/mol. The molecule has 0 saturated heterocycles. The van der Waals surface area contributed by atoms with Crippen molar-refractivity contribution < 1.29 is 27.7 Å². The molecule has 2 amide bonds. The lowest BCUT2D eigenvalue weighted by Crippen LogP contribution is -2.53. The lowest BCUT2D eigenvalue weighted by atomic mass is 9.95. The first-order valence-corrected chi connectivity index (χ1v) is 15.3. The van der Waals surface area contributed by atoms with Gasteiger partial charge in [-0.3, -0.25) is 24.0 Å². The molecule has 1 saturated carbocycles. The molecule has 1 aliphatic carbocycles. The number of ether oxygens (including phenoxy) is 1. The molecule has 40 heavy (non-hydrogen) atoms. The Morgan fingerprint density at radius 2 is 1.77 bits per heavy atom. The second kappa shape index (κ2) is 13.5. The number of amides is 2. The predicted molar refractivity (Wildman–Crippen MR) is 153 cm³/mol. The van der Waals surface area contributed by atoms with Crippen LogP contribution in [0.4, 0.5) is 11.4 Å². The summed E-state index contributed by atoms with van der Waals surface area (Å²) in [4.78, 5) is 39.0. The first-order chi connectivity index (χ1) is 18.8. The molecule has 0 aromatic heterocycles. The minimum atomic E-state index is -4.15. The van der Waals surface area contributed by atoms with Crippen molar-refractivity contribution in [3.63, 3.8) is 0 Å². The van der Waals surface area contributed by atoms with Gasteiger partial charge < -0.3 is 15.0 Å². The Kier molecular flexibility index (Phi) is 10.6. The third kappa shape index (κ3) is 7.76. The number of anilines is 1. The van der Waals surface area contributed by atoms with Crippen LogP contribution in [-0.4, -0.2) is 62.0 Å². The molecule has 0 bridgehead atoms. The largest absolute Gasteiger partial charge is 0.495 e. The number of non-ortho nitro benzene ring substituents is 1. The Morgan fingerprint density at radius 1 is 1.15 bits per heavy atom. The van der Waals surface area contributed by atoms with E-state index < -0.39 is 45.0 Å². The van der Waals surface area contributed by atoms with Gasteiger partial charge in [0, 0.05) is 40.3 Å². The molecule has 0 unspecified atom stereocenters. The number of benzene rings is 2. The van der Waals surface area contributed by atoms with Crippen LogP contribution in [0.25, 0.3) is 0 Å². The SMILES string of the molecule is COc1ccc([N+](=O)[O-])cc1N(CC(=O)N(Cc1c(Cl)cccc1Cl)[C@@H](C)C(=O)NC1CCCCC1)S(C)(=O)=O. The zero-order chi connectivity index (χ0) is 29.6. The van der Waals surface area contributed by atoms with Crippen LogP contribution in [0.2, 0.25) is 10.0 Å². The minimum Gasteiger partial charge on any atom is -0.495 e. The van der Waals surface area contributed by atoms with Crippen LogP contribution in [0.15, 0.2) is 36.4 Å². The quantitative estimate of drug-likeness (QED) is 0.289. The van der Waals surface area contributed by atoms with Gasteiger partial charge in [-0.25, -0.2) is 8.42 Å². The van der Waals surface area contributed by atoms with Crippen LogP contribution in [0, 0.1) is 10.1 Å². The van der Waals surface area contributed by atoms with Crippen molar-refractivity contribution in [3.05, 3.63) is 62.1 Å². The summed E-state index contributed by atoms with van der Waals surface area (Å²) in [7, 11) is -2.87. The summed E-state index contributed by atoms with van der Waals surface area (Å²) in [6, 6.07) is 7.21. The average molecular weight is 616 g/mol. The van der Waals surface area contributed by atoms with E-state index in [0.29, 0.717) is 9.87 Å². The Morgan fingerprint density at radius 3 is 2.33 bits per heavy atom. The van der Waals surface area contributed by atoms with E-state index in [1.165, 1.54) is 18.1 Å². The van der Waals surface area contributed by atoms with Crippen molar-refractivity contribution in [3.8, 4) is 5.75 Å². The smallest absolute Gasteiger partial charge is 0.271 e. The fraction of sp³-hybridized carbons (Fsp3) is 0.462. The van der Waals surface area contributed by atoms with E-state index in [2.05, 4.69) is 5.32 Å². The van der Waals surface area contributed by atoms with Gasteiger partial charge in [0.2, 0.25) is 21.8 Å². The Balaban J connectivity index is 2.00. The molecule has 0 radical (unpaired) electrons. The molecule has 0 aliphatic heterocycles. The summed E-state index contributed by atoms with van der Waals surface area (Å²) >= 11 is 12.7. The van der Waals surface area contributed by atoms with Gasteiger partial charge in [-0.15, -0.1) is 0 Å². The van der Waals surface area contributed by atoms with E-state index in [0.717, 1.165) is 50.5 Å². The fourth-order valence-electron chi connectivity index (χ4n) is 4.59. The Hall–Kier alpha value is -3.09. The number of rotatable bonds is 11. The maximum atomic E-state index is 13.8. The highest BCUT2D eigenvalue weighted by atomic mass is 35.5. The number of nitro groups is 1. The number of nitro benzene ring substituents is 1. The maximum Gasteiger partial charge on any atom is 0.271 e. The third-order valence-electron chi connectivity index (χ3n) is 6.83. The van der Waals surface area contributed by atoms with E-state index in [9.17, 15) is 28.1 Å². The van der Waals surface area contributed by atoms with Gasteiger partial charge in [0.15, 0.2) is 0 Å². The topological polar surface area (TPSA) is 139 Å². The van der Waals surface area contributed by atoms with Crippen LogP contribution in [0.1, 0.15) is 44.6 Å². The van der Waals surface area contributed by atoms with Crippen LogP contribution >= 0.6 is 23.2 Å².